The molecule has 0 amide bonds. The average molecular weight is 206 g/mol. The van der Waals surface area contributed by atoms with Crippen molar-refractivity contribution in [3.63, 3.8) is 0 Å². The van der Waals surface area contributed by atoms with Crippen molar-refractivity contribution >= 4 is 11.9 Å². The van der Waals surface area contributed by atoms with E-state index in [9.17, 15) is 4.91 Å². The fourth-order valence-electron chi connectivity index (χ4n) is 1.08. The van der Waals surface area contributed by atoms with Gasteiger partial charge in [0.25, 0.3) is 0 Å². The fraction of sp³-hybridized carbons (Fsp3) is 0.364. The van der Waals surface area contributed by atoms with Gasteiger partial charge in [0.15, 0.2) is 0 Å². The average Bonchev–Trinajstić information content (AvgIpc) is 2.25. The highest BCUT2D eigenvalue weighted by atomic mass is 16.5. The second-order valence-electron chi connectivity index (χ2n) is 3.39. The van der Waals surface area contributed by atoms with E-state index in [2.05, 4.69) is 10.2 Å². The Morgan fingerprint density at radius 3 is 2.67 bits per heavy atom. The van der Waals surface area contributed by atoms with Gasteiger partial charge in [-0.3, -0.25) is 4.99 Å². The van der Waals surface area contributed by atoms with Gasteiger partial charge in [-0.25, -0.2) is 0 Å². The number of hydrogen-bond acceptors (Lipinski definition) is 4. The quantitative estimate of drug-likeness (QED) is 0.561. The first-order valence-electron chi connectivity index (χ1n) is 4.72. The minimum atomic E-state index is 0.190. The number of ether oxygens (including phenoxy) is 1. The molecule has 0 atom stereocenters. The molecular weight excluding hydrogens is 192 g/mol. The van der Waals surface area contributed by atoms with Crippen LogP contribution in [-0.4, -0.2) is 19.4 Å². The lowest BCUT2D eigenvalue weighted by Crippen LogP contribution is -1.92. The molecule has 1 aromatic carbocycles. The van der Waals surface area contributed by atoms with Crippen LogP contribution >= 0.6 is 0 Å². The molecule has 0 spiro atoms. The fourth-order valence-corrected chi connectivity index (χ4v) is 1.08. The van der Waals surface area contributed by atoms with Gasteiger partial charge in [-0.1, -0.05) is 0 Å². The van der Waals surface area contributed by atoms with Crippen LogP contribution in [0.4, 0.5) is 5.69 Å². The molecule has 15 heavy (non-hydrogen) atoms. The molecule has 0 aliphatic carbocycles. The van der Waals surface area contributed by atoms with Gasteiger partial charge >= 0.3 is 0 Å². The van der Waals surface area contributed by atoms with E-state index in [0.717, 1.165) is 0 Å². The number of nitroso groups, excluding NO2 is 1. The van der Waals surface area contributed by atoms with Crippen molar-refractivity contribution in [2.45, 2.75) is 19.9 Å². The van der Waals surface area contributed by atoms with Crippen LogP contribution in [0.5, 0.6) is 5.75 Å². The van der Waals surface area contributed by atoms with Crippen LogP contribution in [-0.2, 0) is 0 Å². The molecule has 4 nitrogen and oxygen atoms in total. The molecule has 0 fully saturated rings. The minimum absolute atomic E-state index is 0.190. The normalized spacial score (nSPS) is 10.9. The molecule has 0 saturated carbocycles. The summed E-state index contributed by atoms with van der Waals surface area (Å²) in [5.41, 5.74) is 1.05. The summed E-state index contributed by atoms with van der Waals surface area (Å²) >= 11 is 0. The molecule has 4 heteroatoms. The van der Waals surface area contributed by atoms with Gasteiger partial charge in [0.05, 0.1) is 7.11 Å². The second kappa shape index (κ2) is 5.24. The van der Waals surface area contributed by atoms with Gasteiger partial charge in [0, 0.05) is 17.8 Å². The zero-order chi connectivity index (χ0) is 11.3. The molecule has 1 rings (SSSR count). The van der Waals surface area contributed by atoms with E-state index in [-0.39, 0.29) is 6.04 Å². The first kappa shape index (κ1) is 11.4. The number of benzene rings is 1. The number of aliphatic imine (C=N–C) groups is 1. The molecule has 0 radical (unpaired) electrons. The summed E-state index contributed by atoms with van der Waals surface area (Å²) in [6, 6.07) is 5.25. The van der Waals surface area contributed by atoms with E-state index in [1.165, 1.54) is 0 Å². The number of methoxy groups -OCH3 is 1. The lowest BCUT2D eigenvalue weighted by molar-refractivity contribution is 0.415. The number of rotatable bonds is 4. The van der Waals surface area contributed by atoms with E-state index in [4.69, 9.17) is 4.74 Å². The van der Waals surface area contributed by atoms with Gasteiger partial charge in [0.1, 0.15) is 11.4 Å². The lowest BCUT2D eigenvalue weighted by atomic mass is 10.2. The molecule has 80 valence electrons. The minimum Gasteiger partial charge on any atom is -0.497 e. The molecule has 0 heterocycles. The first-order valence-corrected chi connectivity index (χ1v) is 4.72. The molecule has 0 aliphatic heterocycles. The molecule has 0 aliphatic rings. The SMILES string of the molecule is COc1ccc(N=O)c(/C=N/C(C)C)c1. The van der Waals surface area contributed by atoms with Crippen molar-refractivity contribution in [2.24, 2.45) is 10.2 Å². The van der Waals surface area contributed by atoms with E-state index in [0.29, 0.717) is 17.0 Å². The van der Waals surface area contributed by atoms with E-state index in [1.807, 2.05) is 13.8 Å². The van der Waals surface area contributed by atoms with Crippen LogP contribution in [0.1, 0.15) is 19.4 Å². The third-order valence-corrected chi connectivity index (χ3v) is 1.84. The summed E-state index contributed by atoms with van der Waals surface area (Å²) in [6.07, 6.45) is 1.64. The first-order chi connectivity index (χ1) is 7.17. The second-order valence-corrected chi connectivity index (χ2v) is 3.39. The highest BCUT2D eigenvalue weighted by Crippen LogP contribution is 2.22. The Hall–Kier alpha value is -1.71. The number of hydrogen-bond donors (Lipinski definition) is 0. The molecule has 0 aromatic heterocycles. The predicted molar refractivity (Wildman–Crippen MR) is 61.2 cm³/mol. The summed E-state index contributed by atoms with van der Waals surface area (Å²) in [6.45, 7) is 3.93. The van der Waals surface area contributed by atoms with Crippen molar-refractivity contribution in [3.05, 3.63) is 28.7 Å². The summed E-state index contributed by atoms with van der Waals surface area (Å²) in [7, 11) is 1.58. The maximum absolute atomic E-state index is 10.5. The van der Waals surface area contributed by atoms with Crippen LogP contribution in [0.15, 0.2) is 28.4 Å². The smallest absolute Gasteiger partial charge is 0.119 e. The van der Waals surface area contributed by atoms with Crippen molar-refractivity contribution in [1.29, 1.82) is 0 Å². The Bertz CT molecular complexity index is 373. The van der Waals surface area contributed by atoms with Crippen molar-refractivity contribution < 1.29 is 4.74 Å². The number of nitrogens with zero attached hydrogens (tertiary/aromatic N) is 2. The third kappa shape index (κ3) is 3.16. The highest BCUT2D eigenvalue weighted by Gasteiger charge is 2.02. The van der Waals surface area contributed by atoms with Crippen molar-refractivity contribution in [2.75, 3.05) is 7.11 Å². The van der Waals surface area contributed by atoms with Crippen LogP contribution in [0.25, 0.3) is 0 Å². The van der Waals surface area contributed by atoms with Crippen LogP contribution in [0.3, 0.4) is 0 Å². The Morgan fingerprint density at radius 2 is 2.13 bits per heavy atom. The van der Waals surface area contributed by atoms with Crippen molar-refractivity contribution in [3.8, 4) is 5.75 Å². The summed E-state index contributed by atoms with van der Waals surface area (Å²) in [4.78, 5) is 14.7. The van der Waals surface area contributed by atoms with E-state index in [1.54, 1.807) is 31.5 Å². The molecule has 0 saturated heterocycles. The van der Waals surface area contributed by atoms with Gasteiger partial charge in [-0.05, 0) is 37.2 Å². The monoisotopic (exact) mass is 206 g/mol. The van der Waals surface area contributed by atoms with Crippen LogP contribution in [0.2, 0.25) is 0 Å². The highest BCUT2D eigenvalue weighted by molar-refractivity contribution is 5.87. The van der Waals surface area contributed by atoms with Crippen LogP contribution in [0, 0.1) is 4.91 Å². The Morgan fingerprint density at radius 1 is 1.40 bits per heavy atom. The van der Waals surface area contributed by atoms with E-state index >= 15 is 0 Å². The lowest BCUT2D eigenvalue weighted by Gasteiger charge is -2.02. The van der Waals surface area contributed by atoms with Gasteiger partial charge in [0.2, 0.25) is 0 Å². The molecule has 0 bridgehead atoms. The van der Waals surface area contributed by atoms with Crippen LogP contribution < -0.4 is 4.74 Å². The third-order valence-electron chi connectivity index (χ3n) is 1.84. The predicted octanol–water partition coefficient (Wildman–Crippen LogP) is 2.92. The van der Waals surface area contributed by atoms with Gasteiger partial charge in [-0.15, -0.1) is 4.91 Å². The van der Waals surface area contributed by atoms with Gasteiger partial charge < -0.3 is 4.74 Å². The molecule has 1 aromatic rings. The standard InChI is InChI=1S/C11H14N2O2/c1-8(2)12-7-9-6-10(15-3)4-5-11(9)13-14/h4-8H,1-3H3/b12-7+. The zero-order valence-electron chi connectivity index (χ0n) is 9.10. The maximum Gasteiger partial charge on any atom is 0.119 e. The largest absolute Gasteiger partial charge is 0.497 e. The summed E-state index contributed by atoms with van der Waals surface area (Å²) in [5, 5.41) is 2.93. The topological polar surface area (TPSA) is 51.0 Å². The zero-order valence-corrected chi connectivity index (χ0v) is 9.10. The van der Waals surface area contributed by atoms with E-state index < -0.39 is 0 Å². The van der Waals surface area contributed by atoms with Gasteiger partial charge in [-0.2, -0.15) is 0 Å². The maximum atomic E-state index is 10.5. The molecule has 0 N–H and O–H groups in total. The molecule has 0 unspecified atom stereocenters. The van der Waals surface area contributed by atoms with Crippen molar-refractivity contribution in [1.82, 2.24) is 0 Å². The molecular formula is C11H14N2O2. The Kier molecular flexibility index (Phi) is 3.97. The Balaban J connectivity index is 3.06. The summed E-state index contributed by atoms with van der Waals surface area (Å²) < 4.78 is 5.06. The summed E-state index contributed by atoms with van der Waals surface area (Å²) in [5.74, 6) is 0.688. The Labute approximate surface area is 89.0 Å².